The van der Waals surface area contributed by atoms with Crippen LogP contribution in [0.1, 0.15) is 23.7 Å². The third kappa shape index (κ3) is 2.82. The van der Waals surface area contributed by atoms with Gasteiger partial charge in [0.1, 0.15) is 5.75 Å². The van der Waals surface area contributed by atoms with E-state index in [1.807, 2.05) is 0 Å². The fourth-order valence-corrected chi connectivity index (χ4v) is 1.35. The normalized spacial score (nSPS) is 11.9. The maximum absolute atomic E-state index is 11.8. The fraction of sp³-hybridized carbons (Fsp3) is 0.333. The number of hydrogen-bond acceptors (Lipinski definition) is 3. The zero-order valence-corrected chi connectivity index (χ0v) is 9.27. The first kappa shape index (κ1) is 12.2. The van der Waals surface area contributed by atoms with Crippen molar-refractivity contribution in [2.75, 3.05) is 7.11 Å². The lowest BCUT2D eigenvalue weighted by atomic mass is 9.99. The molecule has 1 atom stereocenters. The van der Waals surface area contributed by atoms with Crippen molar-refractivity contribution in [3.63, 3.8) is 0 Å². The standard InChI is InChI=1S/C12H14O4/c1-8(12(14)15)7-10(13)9-5-3-4-6-11(9)16-2/h3-6,8H,7H2,1-2H3,(H,14,15). The number of Topliss-reactive ketones (excluding diaryl/α,β-unsaturated/α-hetero) is 1. The number of hydrogen-bond donors (Lipinski definition) is 1. The highest BCUT2D eigenvalue weighted by Crippen LogP contribution is 2.20. The molecule has 0 spiro atoms. The first-order chi connectivity index (χ1) is 7.56. The van der Waals surface area contributed by atoms with Crippen LogP contribution in [0.15, 0.2) is 24.3 Å². The number of carbonyl (C=O) groups is 2. The summed E-state index contributed by atoms with van der Waals surface area (Å²) in [6.45, 7) is 1.51. The first-order valence-electron chi connectivity index (χ1n) is 4.95. The van der Waals surface area contributed by atoms with Crippen molar-refractivity contribution in [2.45, 2.75) is 13.3 Å². The molecule has 0 amide bonds. The van der Waals surface area contributed by atoms with Crippen LogP contribution in [0.25, 0.3) is 0 Å². The Morgan fingerprint density at radius 1 is 1.38 bits per heavy atom. The van der Waals surface area contributed by atoms with E-state index in [1.54, 1.807) is 24.3 Å². The topological polar surface area (TPSA) is 63.6 Å². The Morgan fingerprint density at radius 3 is 2.56 bits per heavy atom. The van der Waals surface area contributed by atoms with Crippen LogP contribution in [0.2, 0.25) is 0 Å². The summed E-state index contributed by atoms with van der Waals surface area (Å²) >= 11 is 0. The number of methoxy groups -OCH3 is 1. The molecule has 0 aromatic heterocycles. The zero-order chi connectivity index (χ0) is 12.1. The Morgan fingerprint density at radius 2 is 2.00 bits per heavy atom. The molecule has 0 aliphatic heterocycles. The molecule has 4 nitrogen and oxygen atoms in total. The van der Waals surface area contributed by atoms with Crippen LogP contribution in [-0.2, 0) is 4.79 Å². The molecular weight excluding hydrogens is 208 g/mol. The average Bonchev–Trinajstić information content (AvgIpc) is 2.28. The third-order valence-electron chi connectivity index (χ3n) is 2.32. The van der Waals surface area contributed by atoms with Gasteiger partial charge in [-0.25, -0.2) is 0 Å². The Labute approximate surface area is 93.9 Å². The Balaban J connectivity index is 2.84. The number of ketones is 1. The highest BCUT2D eigenvalue weighted by molar-refractivity contribution is 6.00. The summed E-state index contributed by atoms with van der Waals surface area (Å²) < 4.78 is 5.04. The van der Waals surface area contributed by atoms with Gasteiger partial charge in [0.15, 0.2) is 5.78 Å². The van der Waals surface area contributed by atoms with E-state index in [2.05, 4.69) is 0 Å². The highest BCUT2D eigenvalue weighted by Gasteiger charge is 2.19. The van der Waals surface area contributed by atoms with Crippen molar-refractivity contribution in [2.24, 2.45) is 5.92 Å². The van der Waals surface area contributed by atoms with Gasteiger partial charge in [-0.05, 0) is 12.1 Å². The summed E-state index contributed by atoms with van der Waals surface area (Å²) in [7, 11) is 1.48. The molecule has 0 bridgehead atoms. The number of aliphatic carboxylic acids is 1. The minimum atomic E-state index is -0.969. The molecule has 4 heteroatoms. The molecule has 0 saturated heterocycles. The number of ether oxygens (including phenoxy) is 1. The molecule has 0 fully saturated rings. The fourth-order valence-electron chi connectivity index (χ4n) is 1.35. The molecule has 0 heterocycles. The van der Waals surface area contributed by atoms with Gasteiger partial charge in [0.05, 0.1) is 18.6 Å². The SMILES string of the molecule is COc1ccccc1C(=O)CC(C)C(=O)O. The third-order valence-corrected chi connectivity index (χ3v) is 2.32. The molecule has 16 heavy (non-hydrogen) atoms. The number of para-hydroxylation sites is 1. The molecule has 0 saturated carbocycles. The molecule has 1 rings (SSSR count). The van der Waals surface area contributed by atoms with Crippen molar-refractivity contribution in [1.82, 2.24) is 0 Å². The van der Waals surface area contributed by atoms with E-state index in [4.69, 9.17) is 9.84 Å². The number of carboxylic acids is 1. The summed E-state index contributed by atoms with van der Waals surface area (Å²) in [6.07, 6.45) is -0.0181. The van der Waals surface area contributed by atoms with Gasteiger partial charge in [-0.2, -0.15) is 0 Å². The predicted octanol–water partition coefficient (Wildman–Crippen LogP) is 1.99. The lowest BCUT2D eigenvalue weighted by molar-refractivity contribution is -0.141. The number of rotatable bonds is 5. The zero-order valence-electron chi connectivity index (χ0n) is 9.27. The van der Waals surface area contributed by atoms with E-state index >= 15 is 0 Å². The number of carboxylic acid groups (broad SMARTS) is 1. The van der Waals surface area contributed by atoms with E-state index in [9.17, 15) is 9.59 Å². The lowest BCUT2D eigenvalue weighted by Gasteiger charge is -2.08. The molecular formula is C12H14O4. The largest absolute Gasteiger partial charge is 0.496 e. The molecule has 1 unspecified atom stereocenters. The van der Waals surface area contributed by atoms with Gasteiger partial charge in [0, 0.05) is 6.42 Å². The number of carbonyl (C=O) groups excluding carboxylic acids is 1. The summed E-state index contributed by atoms with van der Waals surface area (Å²) in [4.78, 5) is 22.4. The Hall–Kier alpha value is -1.84. The smallest absolute Gasteiger partial charge is 0.306 e. The van der Waals surface area contributed by atoms with Gasteiger partial charge in [-0.15, -0.1) is 0 Å². The minimum absolute atomic E-state index is 0.0181. The minimum Gasteiger partial charge on any atom is -0.496 e. The molecule has 0 radical (unpaired) electrons. The molecule has 1 N–H and O–H groups in total. The van der Waals surface area contributed by atoms with Crippen molar-refractivity contribution in [3.8, 4) is 5.75 Å². The molecule has 1 aromatic carbocycles. The van der Waals surface area contributed by atoms with Crippen LogP contribution in [0, 0.1) is 5.92 Å². The monoisotopic (exact) mass is 222 g/mol. The quantitative estimate of drug-likeness (QED) is 0.774. The van der Waals surface area contributed by atoms with Gasteiger partial charge < -0.3 is 9.84 Å². The van der Waals surface area contributed by atoms with Crippen LogP contribution < -0.4 is 4.74 Å². The van der Waals surface area contributed by atoms with Crippen molar-refractivity contribution < 1.29 is 19.4 Å². The second-order valence-corrected chi connectivity index (χ2v) is 3.57. The van der Waals surface area contributed by atoms with Crippen LogP contribution in [0.4, 0.5) is 0 Å². The summed E-state index contributed by atoms with van der Waals surface area (Å²) in [5.74, 6) is -1.39. The van der Waals surface area contributed by atoms with E-state index in [1.165, 1.54) is 14.0 Å². The molecule has 0 aliphatic rings. The van der Waals surface area contributed by atoms with E-state index in [0.29, 0.717) is 11.3 Å². The van der Waals surface area contributed by atoms with Gasteiger partial charge in [-0.1, -0.05) is 19.1 Å². The van der Waals surface area contributed by atoms with Gasteiger partial charge in [-0.3, -0.25) is 9.59 Å². The summed E-state index contributed by atoms with van der Waals surface area (Å²) in [6, 6.07) is 6.80. The highest BCUT2D eigenvalue weighted by atomic mass is 16.5. The van der Waals surface area contributed by atoms with E-state index in [-0.39, 0.29) is 12.2 Å². The van der Waals surface area contributed by atoms with Crippen LogP contribution in [0.3, 0.4) is 0 Å². The van der Waals surface area contributed by atoms with Gasteiger partial charge in [0.25, 0.3) is 0 Å². The number of benzene rings is 1. The maximum atomic E-state index is 11.8. The van der Waals surface area contributed by atoms with Crippen molar-refractivity contribution >= 4 is 11.8 Å². The Bertz CT molecular complexity index is 398. The van der Waals surface area contributed by atoms with Gasteiger partial charge in [0.2, 0.25) is 0 Å². The lowest BCUT2D eigenvalue weighted by Crippen LogP contribution is -2.15. The predicted molar refractivity (Wildman–Crippen MR) is 58.7 cm³/mol. The molecule has 86 valence electrons. The maximum Gasteiger partial charge on any atom is 0.306 e. The molecule has 0 aliphatic carbocycles. The summed E-state index contributed by atoms with van der Waals surface area (Å²) in [5, 5.41) is 8.72. The van der Waals surface area contributed by atoms with Crippen LogP contribution >= 0.6 is 0 Å². The Kier molecular flexibility index (Phi) is 4.05. The average molecular weight is 222 g/mol. The van der Waals surface area contributed by atoms with Gasteiger partial charge >= 0.3 is 5.97 Å². The summed E-state index contributed by atoms with van der Waals surface area (Å²) in [5.41, 5.74) is 0.429. The second kappa shape index (κ2) is 5.30. The van der Waals surface area contributed by atoms with Crippen molar-refractivity contribution in [1.29, 1.82) is 0 Å². The van der Waals surface area contributed by atoms with E-state index in [0.717, 1.165) is 0 Å². The molecule has 1 aromatic rings. The second-order valence-electron chi connectivity index (χ2n) is 3.57. The van der Waals surface area contributed by atoms with Crippen LogP contribution in [-0.4, -0.2) is 24.0 Å². The van der Waals surface area contributed by atoms with Crippen molar-refractivity contribution in [3.05, 3.63) is 29.8 Å². The van der Waals surface area contributed by atoms with E-state index < -0.39 is 11.9 Å². The first-order valence-corrected chi connectivity index (χ1v) is 4.95. The van der Waals surface area contributed by atoms with Crippen LogP contribution in [0.5, 0.6) is 5.75 Å².